The lowest BCUT2D eigenvalue weighted by Crippen LogP contribution is -2.25. The van der Waals surface area contributed by atoms with E-state index in [1.807, 2.05) is 24.3 Å². The second kappa shape index (κ2) is 34.4. The molecule has 2 aromatic rings. The molecule has 0 aromatic heterocycles. The van der Waals surface area contributed by atoms with Gasteiger partial charge in [-0.05, 0) is 60.6 Å². The Kier molecular flexibility index (Phi) is 30.6. The number of phenols is 2. The number of benzene rings is 2. The van der Waals surface area contributed by atoms with Crippen LogP contribution >= 0.6 is 0 Å². The third-order valence-electron chi connectivity index (χ3n) is 12.7. The van der Waals surface area contributed by atoms with Crippen molar-refractivity contribution in [2.75, 3.05) is 6.61 Å². The van der Waals surface area contributed by atoms with Crippen molar-refractivity contribution < 1.29 is 19.7 Å². The fourth-order valence-electron chi connectivity index (χ4n) is 8.67. The van der Waals surface area contributed by atoms with Crippen LogP contribution in [0.15, 0.2) is 48.5 Å². The third-order valence-corrected chi connectivity index (χ3v) is 12.7. The molecule has 0 aliphatic carbocycles. The van der Waals surface area contributed by atoms with Gasteiger partial charge in [0.2, 0.25) is 0 Å². The largest absolute Gasteiger partial charge is 0.508 e. The first-order valence-corrected chi connectivity index (χ1v) is 24.6. The highest BCUT2D eigenvalue weighted by Crippen LogP contribution is 2.38. The van der Waals surface area contributed by atoms with Crippen LogP contribution in [-0.2, 0) is 14.9 Å². The summed E-state index contributed by atoms with van der Waals surface area (Å²) in [5.41, 5.74) is 1.60. The number of carbonyl (C=O) groups is 1. The molecular weight excluding hydrogens is 701 g/mol. The average Bonchev–Trinajstić information content (AvgIpc) is 3.22. The maximum atomic E-state index is 13.3. The Morgan fingerprint density at radius 3 is 1.05 bits per heavy atom. The van der Waals surface area contributed by atoms with Crippen molar-refractivity contribution in [1.29, 1.82) is 0 Å². The van der Waals surface area contributed by atoms with E-state index in [4.69, 9.17) is 4.74 Å². The first-order valence-electron chi connectivity index (χ1n) is 24.6. The van der Waals surface area contributed by atoms with Crippen molar-refractivity contribution in [2.45, 2.75) is 244 Å². The molecule has 0 bridgehead atoms. The summed E-state index contributed by atoms with van der Waals surface area (Å²) in [5, 5.41) is 19.9. The number of rotatable bonds is 39. The smallest absolute Gasteiger partial charge is 0.305 e. The van der Waals surface area contributed by atoms with Crippen LogP contribution in [0.2, 0.25) is 0 Å². The van der Waals surface area contributed by atoms with Crippen LogP contribution in [0, 0.1) is 5.92 Å². The molecule has 2 N–H and O–H groups in total. The van der Waals surface area contributed by atoms with Gasteiger partial charge < -0.3 is 14.9 Å². The van der Waals surface area contributed by atoms with E-state index in [1.165, 1.54) is 193 Å². The molecule has 2 aromatic carbocycles. The minimum absolute atomic E-state index is 0.128. The van der Waals surface area contributed by atoms with Gasteiger partial charge in [0, 0.05) is 11.8 Å². The Hall–Kier alpha value is -2.49. The van der Waals surface area contributed by atoms with Gasteiger partial charge >= 0.3 is 5.97 Å². The number of carbonyl (C=O) groups excluding carboxylic acids is 1. The molecule has 0 spiro atoms. The Labute approximate surface area is 352 Å². The van der Waals surface area contributed by atoms with E-state index in [-0.39, 0.29) is 17.5 Å². The van der Waals surface area contributed by atoms with E-state index in [0.29, 0.717) is 25.4 Å². The molecule has 4 heteroatoms. The number of aromatic hydroxyl groups is 2. The lowest BCUT2D eigenvalue weighted by molar-refractivity contribution is -0.145. The van der Waals surface area contributed by atoms with E-state index >= 15 is 0 Å². The number of hydrogen-bond acceptors (Lipinski definition) is 4. The van der Waals surface area contributed by atoms with E-state index < -0.39 is 5.41 Å². The second-order valence-electron chi connectivity index (χ2n) is 18.0. The highest BCUT2D eigenvalue weighted by Gasteiger charge is 2.30. The standard InChI is InChI=1S/C53H90O4/c1-4-6-8-10-12-14-16-18-20-21-23-25-27-29-31-33-35-47(34-32-30-28-26-24-22-19-17-15-13-11-9-7-5-2)46-57-52(56)44-45-53(3,48-36-40-50(54)41-37-48)49-38-42-51(55)43-39-49/h36-43,47,54-55H,4-35,44-46H2,1-3H3. The first kappa shape index (κ1) is 50.7. The maximum Gasteiger partial charge on any atom is 0.305 e. The summed E-state index contributed by atoms with van der Waals surface area (Å²) < 4.78 is 6.04. The lowest BCUT2D eigenvalue weighted by Gasteiger charge is -2.31. The van der Waals surface area contributed by atoms with Crippen LogP contribution in [0.5, 0.6) is 11.5 Å². The normalized spacial score (nSPS) is 12.3. The molecule has 2 rings (SSSR count). The Balaban J connectivity index is 1.73. The molecule has 4 nitrogen and oxygen atoms in total. The highest BCUT2D eigenvalue weighted by molar-refractivity contribution is 5.69. The molecule has 0 aliphatic heterocycles. The molecule has 0 saturated carbocycles. The minimum atomic E-state index is -0.457. The number of ether oxygens (including phenoxy) is 1. The fourth-order valence-corrected chi connectivity index (χ4v) is 8.67. The maximum absolute atomic E-state index is 13.3. The van der Waals surface area contributed by atoms with Gasteiger partial charge in [-0.1, -0.05) is 238 Å². The minimum Gasteiger partial charge on any atom is -0.508 e. The summed E-state index contributed by atoms with van der Waals surface area (Å²) in [5.74, 6) is 0.760. The van der Waals surface area contributed by atoms with Gasteiger partial charge in [-0.25, -0.2) is 0 Å². The summed E-state index contributed by atoms with van der Waals surface area (Å²) in [6.45, 7) is 7.25. The fraction of sp³-hybridized carbons (Fsp3) is 0.755. The van der Waals surface area contributed by atoms with Gasteiger partial charge in [-0.15, -0.1) is 0 Å². The van der Waals surface area contributed by atoms with Crippen molar-refractivity contribution in [2.24, 2.45) is 5.92 Å². The summed E-state index contributed by atoms with van der Waals surface area (Å²) >= 11 is 0. The predicted octanol–water partition coefficient (Wildman–Crippen LogP) is 16.9. The molecule has 57 heavy (non-hydrogen) atoms. The molecule has 0 radical (unpaired) electrons. The van der Waals surface area contributed by atoms with Crippen molar-refractivity contribution in [3.8, 4) is 11.5 Å². The van der Waals surface area contributed by atoms with E-state index in [1.54, 1.807) is 24.3 Å². The van der Waals surface area contributed by atoms with Gasteiger partial charge in [0.05, 0.1) is 6.61 Å². The lowest BCUT2D eigenvalue weighted by atomic mass is 9.73. The van der Waals surface area contributed by atoms with E-state index in [9.17, 15) is 15.0 Å². The first-order chi connectivity index (χ1) is 27.9. The van der Waals surface area contributed by atoms with Gasteiger partial charge in [0.15, 0.2) is 0 Å². The zero-order valence-corrected chi connectivity index (χ0v) is 37.7. The summed E-state index contributed by atoms with van der Waals surface area (Å²) in [6.07, 6.45) is 44.6. The Bertz CT molecular complexity index is 1140. The predicted molar refractivity (Wildman–Crippen MR) is 245 cm³/mol. The van der Waals surface area contributed by atoms with Crippen molar-refractivity contribution >= 4 is 5.97 Å². The van der Waals surface area contributed by atoms with Crippen molar-refractivity contribution in [3.05, 3.63) is 59.7 Å². The van der Waals surface area contributed by atoms with Crippen molar-refractivity contribution in [1.82, 2.24) is 0 Å². The topological polar surface area (TPSA) is 66.8 Å². The highest BCUT2D eigenvalue weighted by atomic mass is 16.5. The monoisotopic (exact) mass is 791 g/mol. The number of hydrogen-bond donors (Lipinski definition) is 2. The number of unbranched alkanes of at least 4 members (excludes halogenated alkanes) is 28. The van der Waals surface area contributed by atoms with Crippen LogP contribution in [0.25, 0.3) is 0 Å². The third kappa shape index (κ3) is 25.6. The average molecular weight is 791 g/mol. The number of phenolic OH excluding ortho intramolecular Hbond substituents is 2. The van der Waals surface area contributed by atoms with Crippen molar-refractivity contribution in [3.63, 3.8) is 0 Å². The molecule has 326 valence electrons. The molecule has 0 aliphatic rings. The molecule has 0 amide bonds. The number of esters is 1. The molecule has 0 saturated heterocycles. The molecule has 0 heterocycles. The van der Waals surface area contributed by atoms with E-state index in [0.717, 1.165) is 24.0 Å². The van der Waals surface area contributed by atoms with Gasteiger partial charge in [0.1, 0.15) is 11.5 Å². The van der Waals surface area contributed by atoms with Crippen LogP contribution < -0.4 is 0 Å². The van der Waals surface area contributed by atoms with Crippen LogP contribution in [0.3, 0.4) is 0 Å². The SMILES string of the molecule is CCCCCCCCCCCCCCCCCCC(CCCCCCCCCCCCCCCC)COC(=O)CCC(C)(c1ccc(O)cc1)c1ccc(O)cc1. The summed E-state index contributed by atoms with van der Waals surface area (Å²) in [6, 6.07) is 14.5. The van der Waals surface area contributed by atoms with Gasteiger partial charge in [0.25, 0.3) is 0 Å². The second-order valence-corrected chi connectivity index (χ2v) is 18.0. The van der Waals surface area contributed by atoms with Crippen LogP contribution in [0.4, 0.5) is 0 Å². The quantitative estimate of drug-likeness (QED) is 0.0523. The molecule has 1 unspecified atom stereocenters. The molecular formula is C53H90O4. The van der Waals surface area contributed by atoms with Gasteiger partial charge in [-0.2, -0.15) is 0 Å². The van der Waals surface area contributed by atoms with Crippen LogP contribution in [0.1, 0.15) is 250 Å². The zero-order valence-electron chi connectivity index (χ0n) is 37.7. The molecule has 0 fully saturated rings. The Morgan fingerprint density at radius 2 is 0.754 bits per heavy atom. The van der Waals surface area contributed by atoms with E-state index in [2.05, 4.69) is 20.8 Å². The zero-order chi connectivity index (χ0) is 41.1. The summed E-state index contributed by atoms with van der Waals surface area (Å²) in [7, 11) is 0. The Morgan fingerprint density at radius 1 is 0.474 bits per heavy atom. The summed E-state index contributed by atoms with van der Waals surface area (Å²) in [4.78, 5) is 13.3. The molecule has 1 atom stereocenters. The van der Waals surface area contributed by atoms with Gasteiger partial charge in [-0.3, -0.25) is 4.79 Å². The van der Waals surface area contributed by atoms with Crippen LogP contribution in [-0.4, -0.2) is 22.8 Å².